The fourth-order valence-electron chi connectivity index (χ4n) is 2.40. The molecule has 0 radical (unpaired) electrons. The molecule has 0 aliphatic carbocycles. The number of sulfone groups is 1. The molecule has 0 amide bonds. The molecule has 1 aromatic heterocycles. The maximum atomic E-state index is 12.2. The van der Waals surface area contributed by atoms with Gasteiger partial charge in [0.05, 0.1) is 18.9 Å². The SMILES string of the molecule is CCOC(=O)C(C)(CCc1cc(C#Cc2ccc(CO)cc2)on1)S(C)(=O)=O. The maximum Gasteiger partial charge on any atom is 0.327 e. The molecule has 0 spiro atoms. The predicted octanol–water partition coefficient (Wildman–Crippen LogP) is 1.87. The van der Waals surface area contributed by atoms with E-state index in [9.17, 15) is 13.2 Å². The van der Waals surface area contributed by atoms with Crippen molar-refractivity contribution in [2.24, 2.45) is 0 Å². The number of aromatic nitrogens is 1. The van der Waals surface area contributed by atoms with Crippen molar-refractivity contribution in [3.63, 3.8) is 0 Å². The fraction of sp³-hybridized carbons (Fsp3) is 0.400. The lowest BCUT2D eigenvalue weighted by Crippen LogP contribution is -2.44. The summed E-state index contributed by atoms with van der Waals surface area (Å²) in [5.74, 6) is 5.32. The van der Waals surface area contributed by atoms with Gasteiger partial charge in [0.15, 0.2) is 14.6 Å². The Morgan fingerprint density at radius 1 is 1.29 bits per heavy atom. The van der Waals surface area contributed by atoms with Gasteiger partial charge >= 0.3 is 5.97 Å². The molecule has 0 aliphatic heterocycles. The Hall–Kier alpha value is -2.63. The van der Waals surface area contributed by atoms with Crippen molar-refractivity contribution in [3.8, 4) is 11.8 Å². The normalized spacial score (nSPS) is 13.3. The van der Waals surface area contributed by atoms with Crippen LogP contribution in [0.1, 0.15) is 42.8 Å². The number of aryl methyl sites for hydroxylation is 1. The quantitative estimate of drug-likeness (QED) is 0.553. The summed E-state index contributed by atoms with van der Waals surface area (Å²) in [5.41, 5.74) is 2.05. The van der Waals surface area contributed by atoms with Crippen LogP contribution in [0.4, 0.5) is 0 Å². The smallest absolute Gasteiger partial charge is 0.327 e. The monoisotopic (exact) mass is 405 g/mol. The maximum absolute atomic E-state index is 12.2. The van der Waals surface area contributed by atoms with Gasteiger partial charge in [0, 0.05) is 17.9 Å². The number of aliphatic hydroxyl groups excluding tert-OH is 1. The van der Waals surface area contributed by atoms with Gasteiger partial charge in [0.1, 0.15) is 0 Å². The molecule has 0 fully saturated rings. The number of carbonyl (C=O) groups excluding carboxylic acids is 1. The number of rotatable bonds is 7. The molecule has 0 bridgehead atoms. The third kappa shape index (κ3) is 5.21. The van der Waals surface area contributed by atoms with E-state index in [-0.39, 0.29) is 26.1 Å². The van der Waals surface area contributed by atoms with Gasteiger partial charge in [-0.15, -0.1) is 0 Å². The van der Waals surface area contributed by atoms with Crippen molar-refractivity contribution >= 4 is 15.8 Å². The number of carbonyl (C=O) groups is 1. The number of esters is 1. The molecule has 7 nitrogen and oxygen atoms in total. The number of ether oxygens (including phenoxy) is 1. The molecule has 28 heavy (non-hydrogen) atoms. The van der Waals surface area contributed by atoms with Crippen LogP contribution in [0.25, 0.3) is 0 Å². The Morgan fingerprint density at radius 3 is 2.54 bits per heavy atom. The van der Waals surface area contributed by atoms with Crippen LogP contribution in [-0.2, 0) is 32.4 Å². The van der Waals surface area contributed by atoms with Crippen LogP contribution >= 0.6 is 0 Å². The van der Waals surface area contributed by atoms with Crippen molar-refractivity contribution in [1.82, 2.24) is 5.16 Å². The first-order valence-electron chi connectivity index (χ1n) is 8.74. The van der Waals surface area contributed by atoms with E-state index in [1.807, 2.05) is 0 Å². The first-order valence-corrected chi connectivity index (χ1v) is 10.6. The second-order valence-electron chi connectivity index (χ2n) is 6.51. The zero-order chi connectivity index (χ0) is 20.8. The molecule has 0 saturated heterocycles. The minimum absolute atomic E-state index is 0.0205. The Bertz CT molecular complexity index is 982. The number of aliphatic hydroxyl groups is 1. The number of hydrogen-bond donors (Lipinski definition) is 1. The Labute approximate surface area is 164 Å². The summed E-state index contributed by atoms with van der Waals surface area (Å²) in [6.07, 6.45) is 1.26. The van der Waals surface area contributed by atoms with E-state index >= 15 is 0 Å². The second kappa shape index (κ2) is 9.04. The third-order valence-corrected chi connectivity index (χ3v) is 6.42. The van der Waals surface area contributed by atoms with E-state index in [0.717, 1.165) is 17.4 Å². The molecule has 1 heterocycles. The van der Waals surface area contributed by atoms with Gasteiger partial charge in [0.25, 0.3) is 0 Å². The van der Waals surface area contributed by atoms with Gasteiger partial charge in [-0.2, -0.15) is 0 Å². The molecule has 2 aromatic rings. The van der Waals surface area contributed by atoms with Crippen LogP contribution in [0.15, 0.2) is 34.9 Å². The highest BCUT2D eigenvalue weighted by molar-refractivity contribution is 7.92. The van der Waals surface area contributed by atoms with Crippen LogP contribution in [-0.4, -0.2) is 42.3 Å². The van der Waals surface area contributed by atoms with E-state index in [4.69, 9.17) is 14.4 Å². The van der Waals surface area contributed by atoms with E-state index in [0.29, 0.717) is 11.5 Å². The Kier molecular flexibility index (Phi) is 7.00. The highest BCUT2D eigenvalue weighted by Crippen LogP contribution is 2.25. The van der Waals surface area contributed by atoms with Gasteiger partial charge in [-0.1, -0.05) is 23.2 Å². The molecule has 1 N–H and O–H groups in total. The van der Waals surface area contributed by atoms with Gasteiger partial charge in [0.2, 0.25) is 5.76 Å². The highest BCUT2D eigenvalue weighted by Gasteiger charge is 2.44. The lowest BCUT2D eigenvalue weighted by Gasteiger charge is -2.24. The van der Waals surface area contributed by atoms with Crippen molar-refractivity contribution < 1.29 is 27.6 Å². The molecule has 0 saturated carbocycles. The summed E-state index contributed by atoms with van der Waals surface area (Å²) in [7, 11) is -3.68. The van der Waals surface area contributed by atoms with Crippen LogP contribution in [0.3, 0.4) is 0 Å². The average Bonchev–Trinajstić information content (AvgIpc) is 3.12. The standard InChI is InChI=1S/C20H23NO6S/c1-4-26-19(23)20(2,28(3,24)25)12-11-17-13-18(27-21-17)10-9-15-5-7-16(14-22)8-6-15/h5-8,13,22H,4,11-12,14H2,1-3H3. The van der Waals surface area contributed by atoms with Crippen LogP contribution < -0.4 is 0 Å². The van der Waals surface area contributed by atoms with Gasteiger partial charge in [-0.25, -0.2) is 8.42 Å². The molecule has 1 aromatic carbocycles. The first-order chi connectivity index (χ1) is 13.2. The molecule has 1 atom stereocenters. The zero-order valence-electron chi connectivity index (χ0n) is 16.1. The topological polar surface area (TPSA) is 107 Å². The summed E-state index contributed by atoms with van der Waals surface area (Å²) in [6.45, 7) is 3.06. The summed E-state index contributed by atoms with van der Waals surface area (Å²) < 4.78 is 32.7. The van der Waals surface area contributed by atoms with Crippen molar-refractivity contribution in [2.75, 3.05) is 12.9 Å². The van der Waals surface area contributed by atoms with Crippen LogP contribution in [0, 0.1) is 11.8 Å². The fourth-order valence-corrected chi connectivity index (χ4v) is 3.24. The van der Waals surface area contributed by atoms with Crippen molar-refractivity contribution in [3.05, 3.63) is 52.9 Å². The minimum atomic E-state index is -3.68. The van der Waals surface area contributed by atoms with E-state index < -0.39 is 20.6 Å². The molecule has 8 heteroatoms. The molecule has 2 rings (SSSR count). The summed E-state index contributed by atoms with van der Waals surface area (Å²) >= 11 is 0. The Balaban J connectivity index is 2.09. The number of nitrogens with zero attached hydrogens (tertiary/aromatic N) is 1. The van der Waals surface area contributed by atoms with Gasteiger partial charge in [-0.05, 0) is 50.3 Å². The summed E-state index contributed by atoms with van der Waals surface area (Å²) in [4.78, 5) is 12.2. The largest absolute Gasteiger partial charge is 0.465 e. The first kappa shape index (κ1) is 21.7. The predicted molar refractivity (Wildman–Crippen MR) is 103 cm³/mol. The summed E-state index contributed by atoms with van der Waals surface area (Å²) in [5, 5.41) is 12.9. The highest BCUT2D eigenvalue weighted by atomic mass is 32.2. The van der Waals surface area contributed by atoms with Crippen LogP contribution in [0.2, 0.25) is 0 Å². The molecule has 150 valence electrons. The number of hydrogen-bond acceptors (Lipinski definition) is 7. The van der Waals surface area contributed by atoms with Gasteiger partial charge < -0.3 is 14.4 Å². The van der Waals surface area contributed by atoms with E-state index in [1.54, 1.807) is 37.3 Å². The molecule has 1 unspecified atom stereocenters. The lowest BCUT2D eigenvalue weighted by atomic mass is 10.0. The third-order valence-electron chi connectivity index (χ3n) is 4.41. The van der Waals surface area contributed by atoms with Crippen molar-refractivity contribution in [1.29, 1.82) is 0 Å². The second-order valence-corrected chi connectivity index (χ2v) is 8.96. The zero-order valence-corrected chi connectivity index (χ0v) is 16.9. The van der Waals surface area contributed by atoms with E-state index in [2.05, 4.69) is 17.0 Å². The Morgan fingerprint density at radius 2 is 1.96 bits per heavy atom. The number of benzene rings is 1. The molecule has 0 aliphatic rings. The molecular weight excluding hydrogens is 382 g/mol. The average molecular weight is 405 g/mol. The van der Waals surface area contributed by atoms with Gasteiger partial charge in [-0.3, -0.25) is 4.79 Å². The molecular formula is C20H23NO6S. The van der Waals surface area contributed by atoms with Crippen LogP contribution in [0.5, 0.6) is 0 Å². The van der Waals surface area contributed by atoms with E-state index in [1.165, 1.54) is 6.92 Å². The summed E-state index contributed by atoms with van der Waals surface area (Å²) in [6, 6.07) is 8.73. The lowest BCUT2D eigenvalue weighted by molar-refractivity contribution is -0.146. The van der Waals surface area contributed by atoms with Crippen molar-refractivity contribution in [2.45, 2.75) is 38.0 Å². The minimum Gasteiger partial charge on any atom is -0.465 e.